The van der Waals surface area contributed by atoms with Crippen molar-refractivity contribution < 1.29 is 4.79 Å². The fourth-order valence-electron chi connectivity index (χ4n) is 3.14. The zero-order chi connectivity index (χ0) is 15.6. The Labute approximate surface area is 135 Å². The predicted octanol–water partition coefficient (Wildman–Crippen LogP) is 3.92. The van der Waals surface area contributed by atoms with Crippen LogP contribution in [0.15, 0.2) is 60.9 Å². The minimum Gasteiger partial charge on any atom is -0.294 e. The number of carbonyl (C=O) groups is 1. The molecular weight excluding hydrogens is 284 g/mol. The van der Waals surface area contributed by atoms with Gasteiger partial charge >= 0.3 is 0 Å². The van der Waals surface area contributed by atoms with E-state index in [0.717, 1.165) is 36.1 Å². The number of hydrogen-bond acceptors (Lipinski definition) is 2. The number of rotatable bonds is 4. The van der Waals surface area contributed by atoms with Gasteiger partial charge in [-0.25, -0.2) is 0 Å². The number of carbonyl (C=O) groups excluding carboxylic acids is 1. The monoisotopic (exact) mass is 302 g/mol. The molecule has 0 bridgehead atoms. The Bertz CT molecular complexity index is 849. The summed E-state index contributed by atoms with van der Waals surface area (Å²) in [4.78, 5) is 11.9. The molecule has 3 aromatic rings. The highest BCUT2D eigenvalue weighted by atomic mass is 16.1. The first-order valence-corrected chi connectivity index (χ1v) is 8.02. The number of Topliss-reactive ketones (excluding diaryl/α,β-unsaturated/α-hetero) is 1. The van der Waals surface area contributed by atoms with Crippen molar-refractivity contribution in [3.05, 3.63) is 77.6 Å². The average molecular weight is 302 g/mol. The number of aromatic nitrogens is 2. The van der Waals surface area contributed by atoms with Gasteiger partial charge in [0.1, 0.15) is 0 Å². The third kappa shape index (κ3) is 2.82. The molecule has 0 saturated carbocycles. The van der Waals surface area contributed by atoms with Gasteiger partial charge in [0, 0.05) is 30.3 Å². The molecule has 114 valence electrons. The quantitative estimate of drug-likeness (QED) is 0.732. The highest BCUT2D eigenvalue weighted by Crippen LogP contribution is 2.27. The van der Waals surface area contributed by atoms with E-state index in [0.29, 0.717) is 6.42 Å². The molecule has 4 rings (SSSR count). The van der Waals surface area contributed by atoms with Crippen LogP contribution in [-0.4, -0.2) is 15.6 Å². The summed E-state index contributed by atoms with van der Waals surface area (Å²) in [6.45, 7) is 0.855. The molecule has 0 amide bonds. The van der Waals surface area contributed by atoms with Gasteiger partial charge in [-0.15, -0.1) is 0 Å². The lowest BCUT2D eigenvalue weighted by molar-refractivity contribution is 0.0994. The number of aryl methyl sites for hydroxylation is 3. The highest BCUT2D eigenvalue weighted by molar-refractivity contribution is 6.01. The molecule has 0 radical (unpaired) electrons. The lowest BCUT2D eigenvalue weighted by Crippen LogP contribution is -2.01. The SMILES string of the molecule is O=C1CCc2ccc(-c3cnn(CCc4ccccc4)c3)cc21. The molecule has 0 atom stereocenters. The minimum absolute atomic E-state index is 0.262. The van der Waals surface area contributed by atoms with Crippen LogP contribution in [0.5, 0.6) is 0 Å². The van der Waals surface area contributed by atoms with Crippen molar-refractivity contribution in [3.8, 4) is 11.1 Å². The average Bonchev–Trinajstić information content (AvgIpc) is 3.21. The second-order valence-electron chi connectivity index (χ2n) is 6.02. The molecular formula is C20H18N2O. The van der Waals surface area contributed by atoms with Gasteiger partial charge in [-0.1, -0.05) is 42.5 Å². The van der Waals surface area contributed by atoms with Crippen molar-refractivity contribution in [1.29, 1.82) is 0 Å². The largest absolute Gasteiger partial charge is 0.294 e. The van der Waals surface area contributed by atoms with Crippen LogP contribution in [0.4, 0.5) is 0 Å². The Hall–Kier alpha value is -2.68. The Morgan fingerprint density at radius 2 is 1.87 bits per heavy atom. The summed E-state index contributed by atoms with van der Waals surface area (Å²) in [6, 6.07) is 16.6. The second kappa shape index (κ2) is 5.84. The molecule has 2 aromatic carbocycles. The molecule has 0 saturated heterocycles. The summed E-state index contributed by atoms with van der Waals surface area (Å²) in [5.41, 5.74) is 5.52. The van der Waals surface area contributed by atoms with E-state index in [1.165, 1.54) is 11.1 Å². The molecule has 0 N–H and O–H groups in total. The molecule has 1 heterocycles. The van der Waals surface area contributed by atoms with Crippen LogP contribution in [0.3, 0.4) is 0 Å². The van der Waals surface area contributed by atoms with Crippen LogP contribution < -0.4 is 0 Å². The van der Waals surface area contributed by atoms with Crippen LogP contribution in [0.25, 0.3) is 11.1 Å². The van der Waals surface area contributed by atoms with Crippen molar-refractivity contribution in [3.63, 3.8) is 0 Å². The van der Waals surface area contributed by atoms with Gasteiger partial charge in [-0.3, -0.25) is 9.48 Å². The zero-order valence-corrected chi connectivity index (χ0v) is 12.9. The molecule has 3 nitrogen and oxygen atoms in total. The third-order valence-corrected chi connectivity index (χ3v) is 4.47. The van der Waals surface area contributed by atoms with Crippen LogP contribution >= 0.6 is 0 Å². The molecule has 1 aliphatic carbocycles. The first-order valence-electron chi connectivity index (χ1n) is 8.02. The van der Waals surface area contributed by atoms with E-state index in [1.807, 2.05) is 23.0 Å². The van der Waals surface area contributed by atoms with Crippen molar-refractivity contribution >= 4 is 5.78 Å². The van der Waals surface area contributed by atoms with E-state index in [-0.39, 0.29) is 5.78 Å². The third-order valence-electron chi connectivity index (χ3n) is 4.47. The standard InChI is InChI=1S/C20H18N2O/c23-20-9-8-16-6-7-17(12-19(16)20)18-13-21-22(14-18)11-10-15-4-2-1-3-5-15/h1-7,12-14H,8-11H2. The van der Waals surface area contributed by atoms with Crippen molar-refractivity contribution in [2.45, 2.75) is 25.8 Å². The van der Waals surface area contributed by atoms with Gasteiger partial charge in [0.25, 0.3) is 0 Å². The zero-order valence-electron chi connectivity index (χ0n) is 12.9. The van der Waals surface area contributed by atoms with Gasteiger partial charge in [-0.05, 0) is 35.6 Å². The smallest absolute Gasteiger partial charge is 0.163 e. The lowest BCUT2D eigenvalue weighted by Gasteiger charge is -2.03. The Kier molecular flexibility index (Phi) is 3.54. The summed E-state index contributed by atoms with van der Waals surface area (Å²) in [5, 5.41) is 4.45. The summed E-state index contributed by atoms with van der Waals surface area (Å²) >= 11 is 0. The van der Waals surface area contributed by atoms with E-state index >= 15 is 0 Å². The van der Waals surface area contributed by atoms with E-state index < -0.39 is 0 Å². The number of hydrogen-bond donors (Lipinski definition) is 0. The van der Waals surface area contributed by atoms with E-state index in [2.05, 4.69) is 47.7 Å². The Morgan fingerprint density at radius 3 is 2.74 bits per heavy atom. The van der Waals surface area contributed by atoms with Crippen LogP contribution in [0.1, 0.15) is 27.9 Å². The molecule has 1 aromatic heterocycles. The van der Waals surface area contributed by atoms with Crippen molar-refractivity contribution in [2.24, 2.45) is 0 Å². The molecule has 0 unspecified atom stereocenters. The maximum atomic E-state index is 11.9. The van der Waals surface area contributed by atoms with Crippen molar-refractivity contribution in [1.82, 2.24) is 9.78 Å². The summed E-state index contributed by atoms with van der Waals surface area (Å²) in [6.07, 6.45) is 6.43. The minimum atomic E-state index is 0.262. The lowest BCUT2D eigenvalue weighted by atomic mass is 10.0. The summed E-state index contributed by atoms with van der Waals surface area (Å²) in [5.74, 6) is 0.262. The fraction of sp³-hybridized carbons (Fsp3) is 0.200. The maximum Gasteiger partial charge on any atom is 0.163 e. The molecule has 0 spiro atoms. The fourth-order valence-corrected chi connectivity index (χ4v) is 3.14. The van der Waals surface area contributed by atoms with Crippen LogP contribution in [-0.2, 0) is 19.4 Å². The normalized spacial score (nSPS) is 13.3. The van der Waals surface area contributed by atoms with Crippen molar-refractivity contribution in [2.75, 3.05) is 0 Å². The molecule has 23 heavy (non-hydrogen) atoms. The maximum absolute atomic E-state index is 11.9. The van der Waals surface area contributed by atoms with Crippen LogP contribution in [0, 0.1) is 0 Å². The number of fused-ring (bicyclic) bond motifs is 1. The molecule has 0 fully saturated rings. The second-order valence-corrected chi connectivity index (χ2v) is 6.02. The van der Waals surface area contributed by atoms with Gasteiger partial charge in [0.05, 0.1) is 6.20 Å². The highest BCUT2D eigenvalue weighted by Gasteiger charge is 2.19. The van der Waals surface area contributed by atoms with Gasteiger partial charge in [-0.2, -0.15) is 5.10 Å². The van der Waals surface area contributed by atoms with Gasteiger partial charge < -0.3 is 0 Å². The summed E-state index contributed by atoms with van der Waals surface area (Å²) in [7, 11) is 0. The Balaban J connectivity index is 1.52. The van der Waals surface area contributed by atoms with E-state index in [4.69, 9.17) is 0 Å². The first-order chi connectivity index (χ1) is 11.3. The van der Waals surface area contributed by atoms with E-state index in [9.17, 15) is 4.79 Å². The number of benzene rings is 2. The number of nitrogens with zero attached hydrogens (tertiary/aromatic N) is 2. The van der Waals surface area contributed by atoms with Crippen LogP contribution in [0.2, 0.25) is 0 Å². The molecule has 3 heteroatoms. The van der Waals surface area contributed by atoms with Gasteiger partial charge in [0.15, 0.2) is 5.78 Å². The van der Waals surface area contributed by atoms with Gasteiger partial charge in [0.2, 0.25) is 0 Å². The first kappa shape index (κ1) is 13.9. The number of ketones is 1. The predicted molar refractivity (Wildman–Crippen MR) is 90.5 cm³/mol. The molecule has 0 aliphatic heterocycles. The topological polar surface area (TPSA) is 34.9 Å². The summed E-state index contributed by atoms with van der Waals surface area (Å²) < 4.78 is 1.97. The van der Waals surface area contributed by atoms with E-state index in [1.54, 1.807) is 0 Å². The Morgan fingerprint density at radius 1 is 1.00 bits per heavy atom. The molecule has 1 aliphatic rings.